The van der Waals surface area contributed by atoms with Gasteiger partial charge < -0.3 is 10.8 Å². The number of alkyl halides is 2. The van der Waals surface area contributed by atoms with Crippen LogP contribution in [0.4, 0.5) is 8.78 Å². The summed E-state index contributed by atoms with van der Waals surface area (Å²) in [7, 11) is 0. The molecule has 1 aliphatic rings. The minimum atomic E-state index is -2.64. The second-order valence-corrected chi connectivity index (χ2v) is 3.51. The fraction of sp³-hybridized carbons (Fsp3) is 1.00. The number of nitrogens with zero attached hydrogens (tertiary/aromatic N) is 1. The molecule has 1 rings (SSSR count). The van der Waals surface area contributed by atoms with E-state index in [2.05, 4.69) is 0 Å². The van der Waals surface area contributed by atoms with E-state index >= 15 is 0 Å². The predicted molar refractivity (Wildman–Crippen MR) is 45.7 cm³/mol. The van der Waals surface area contributed by atoms with Gasteiger partial charge in [0.25, 0.3) is 5.92 Å². The molecule has 0 aromatic carbocycles. The standard InChI is InChI=1S/C8H16F2N2O/c9-8(10)4-7(5-13)12(6-8)3-1-2-11/h7,13H,1-6,11H2/t7-/m1/s1. The summed E-state index contributed by atoms with van der Waals surface area (Å²) in [6, 6.07) is -0.387. The summed E-state index contributed by atoms with van der Waals surface area (Å²) in [6.07, 6.45) is 0.473. The van der Waals surface area contributed by atoms with Crippen LogP contribution in [0.2, 0.25) is 0 Å². The van der Waals surface area contributed by atoms with Gasteiger partial charge in [0.1, 0.15) is 0 Å². The minimum Gasteiger partial charge on any atom is -0.395 e. The van der Waals surface area contributed by atoms with E-state index in [0.29, 0.717) is 19.5 Å². The average Bonchev–Trinajstić information content (AvgIpc) is 2.37. The van der Waals surface area contributed by atoms with Gasteiger partial charge in [-0.2, -0.15) is 0 Å². The average molecular weight is 194 g/mol. The Morgan fingerprint density at radius 2 is 2.23 bits per heavy atom. The lowest BCUT2D eigenvalue weighted by Gasteiger charge is -2.20. The molecule has 0 aromatic heterocycles. The molecular weight excluding hydrogens is 178 g/mol. The summed E-state index contributed by atoms with van der Waals surface area (Å²) in [5.74, 6) is -2.64. The fourth-order valence-corrected chi connectivity index (χ4v) is 1.70. The van der Waals surface area contributed by atoms with Crippen molar-refractivity contribution in [2.45, 2.75) is 24.8 Å². The number of hydrogen-bond donors (Lipinski definition) is 2. The van der Waals surface area contributed by atoms with Crippen LogP contribution in [0.1, 0.15) is 12.8 Å². The first kappa shape index (κ1) is 10.8. The zero-order chi connectivity index (χ0) is 9.90. The maximum absolute atomic E-state index is 12.9. The summed E-state index contributed by atoms with van der Waals surface area (Å²) in [5.41, 5.74) is 5.28. The van der Waals surface area contributed by atoms with Gasteiger partial charge in [0.05, 0.1) is 13.2 Å². The van der Waals surface area contributed by atoms with Gasteiger partial charge in [-0.3, -0.25) is 4.90 Å². The largest absolute Gasteiger partial charge is 0.395 e. The van der Waals surface area contributed by atoms with Crippen molar-refractivity contribution in [3.05, 3.63) is 0 Å². The summed E-state index contributed by atoms with van der Waals surface area (Å²) in [4.78, 5) is 1.62. The van der Waals surface area contributed by atoms with E-state index in [1.54, 1.807) is 4.90 Å². The Morgan fingerprint density at radius 3 is 2.77 bits per heavy atom. The zero-order valence-corrected chi connectivity index (χ0v) is 7.55. The molecule has 0 saturated carbocycles. The van der Waals surface area contributed by atoms with Crippen molar-refractivity contribution in [2.24, 2.45) is 5.73 Å². The summed E-state index contributed by atoms with van der Waals surface area (Å²) in [5, 5.41) is 8.86. The first-order chi connectivity index (χ1) is 6.09. The van der Waals surface area contributed by atoms with Gasteiger partial charge in [0, 0.05) is 12.5 Å². The van der Waals surface area contributed by atoms with Crippen molar-refractivity contribution < 1.29 is 13.9 Å². The highest BCUT2D eigenvalue weighted by atomic mass is 19.3. The maximum Gasteiger partial charge on any atom is 0.262 e. The molecule has 3 N–H and O–H groups in total. The Labute approximate surface area is 76.5 Å². The van der Waals surface area contributed by atoms with Gasteiger partial charge in [-0.15, -0.1) is 0 Å². The minimum absolute atomic E-state index is 0.194. The molecule has 1 fully saturated rings. The molecule has 1 atom stereocenters. The van der Waals surface area contributed by atoms with Crippen LogP contribution in [0.3, 0.4) is 0 Å². The number of likely N-dealkylation sites (tertiary alicyclic amines) is 1. The van der Waals surface area contributed by atoms with Gasteiger partial charge in [-0.25, -0.2) is 8.78 Å². The van der Waals surface area contributed by atoms with E-state index in [0.717, 1.165) is 0 Å². The lowest BCUT2D eigenvalue weighted by Crippen LogP contribution is -2.34. The van der Waals surface area contributed by atoms with E-state index in [1.165, 1.54) is 0 Å². The first-order valence-corrected chi connectivity index (χ1v) is 4.52. The SMILES string of the molecule is NCCCN1CC(F)(F)C[C@@H]1CO. The van der Waals surface area contributed by atoms with Crippen LogP contribution in [0, 0.1) is 0 Å². The molecule has 78 valence electrons. The highest BCUT2D eigenvalue weighted by Crippen LogP contribution is 2.31. The van der Waals surface area contributed by atoms with Crippen molar-refractivity contribution in [1.82, 2.24) is 4.90 Å². The van der Waals surface area contributed by atoms with Crippen LogP contribution in [0.15, 0.2) is 0 Å². The number of aliphatic hydroxyl groups excluding tert-OH is 1. The van der Waals surface area contributed by atoms with Gasteiger partial charge >= 0.3 is 0 Å². The monoisotopic (exact) mass is 194 g/mol. The maximum atomic E-state index is 12.9. The Kier molecular flexibility index (Phi) is 3.58. The molecule has 0 radical (unpaired) electrons. The van der Waals surface area contributed by atoms with Gasteiger partial charge in [0.15, 0.2) is 0 Å². The zero-order valence-electron chi connectivity index (χ0n) is 7.55. The van der Waals surface area contributed by atoms with Crippen LogP contribution in [0.5, 0.6) is 0 Å². The van der Waals surface area contributed by atoms with Crippen molar-refractivity contribution in [3.63, 3.8) is 0 Å². The molecule has 1 heterocycles. The summed E-state index contributed by atoms with van der Waals surface area (Å²) in [6.45, 7) is 0.621. The summed E-state index contributed by atoms with van der Waals surface area (Å²) >= 11 is 0. The second kappa shape index (κ2) is 4.30. The molecule has 0 unspecified atom stereocenters. The highest BCUT2D eigenvalue weighted by molar-refractivity contribution is 4.89. The van der Waals surface area contributed by atoms with Crippen LogP contribution < -0.4 is 5.73 Å². The molecule has 0 amide bonds. The fourth-order valence-electron chi connectivity index (χ4n) is 1.70. The van der Waals surface area contributed by atoms with Crippen LogP contribution in [-0.2, 0) is 0 Å². The molecule has 1 aliphatic heterocycles. The molecule has 0 aliphatic carbocycles. The molecule has 5 heteroatoms. The van der Waals surface area contributed by atoms with Crippen molar-refractivity contribution in [1.29, 1.82) is 0 Å². The number of hydrogen-bond acceptors (Lipinski definition) is 3. The lowest BCUT2D eigenvalue weighted by molar-refractivity contribution is 0.0117. The van der Waals surface area contributed by atoms with Crippen LogP contribution in [-0.4, -0.2) is 48.2 Å². The third kappa shape index (κ3) is 2.86. The van der Waals surface area contributed by atoms with Crippen LogP contribution in [0.25, 0.3) is 0 Å². The Hall–Kier alpha value is -0.260. The molecule has 0 spiro atoms. The topological polar surface area (TPSA) is 49.5 Å². The molecular formula is C8H16F2N2O. The summed E-state index contributed by atoms with van der Waals surface area (Å²) < 4.78 is 25.7. The Bertz CT molecular complexity index is 166. The smallest absolute Gasteiger partial charge is 0.262 e. The number of nitrogens with two attached hydrogens (primary N) is 1. The number of rotatable bonds is 4. The molecule has 0 aromatic rings. The van der Waals surface area contributed by atoms with Gasteiger partial charge in [-0.1, -0.05) is 0 Å². The first-order valence-electron chi connectivity index (χ1n) is 4.52. The van der Waals surface area contributed by atoms with Crippen LogP contribution >= 0.6 is 0 Å². The third-order valence-electron chi connectivity index (χ3n) is 2.35. The van der Waals surface area contributed by atoms with Crippen molar-refractivity contribution >= 4 is 0 Å². The molecule has 0 bridgehead atoms. The number of aliphatic hydroxyl groups is 1. The van der Waals surface area contributed by atoms with E-state index in [4.69, 9.17) is 10.8 Å². The molecule has 3 nitrogen and oxygen atoms in total. The van der Waals surface area contributed by atoms with Gasteiger partial charge in [0.2, 0.25) is 0 Å². The van der Waals surface area contributed by atoms with E-state index in [9.17, 15) is 8.78 Å². The molecule has 1 saturated heterocycles. The quantitative estimate of drug-likeness (QED) is 0.664. The predicted octanol–water partition coefficient (Wildman–Crippen LogP) is 0.0371. The lowest BCUT2D eigenvalue weighted by atomic mass is 10.2. The molecule has 13 heavy (non-hydrogen) atoms. The third-order valence-corrected chi connectivity index (χ3v) is 2.35. The highest BCUT2D eigenvalue weighted by Gasteiger charge is 2.43. The van der Waals surface area contributed by atoms with E-state index in [1.807, 2.05) is 0 Å². The van der Waals surface area contributed by atoms with Crippen molar-refractivity contribution in [2.75, 3.05) is 26.2 Å². The van der Waals surface area contributed by atoms with E-state index in [-0.39, 0.29) is 25.6 Å². The number of halogens is 2. The normalized spacial score (nSPS) is 28.2. The van der Waals surface area contributed by atoms with Gasteiger partial charge in [-0.05, 0) is 19.5 Å². The Morgan fingerprint density at radius 1 is 1.54 bits per heavy atom. The Balaban J connectivity index is 2.43. The van der Waals surface area contributed by atoms with E-state index < -0.39 is 5.92 Å². The van der Waals surface area contributed by atoms with Crippen molar-refractivity contribution in [3.8, 4) is 0 Å². The second-order valence-electron chi connectivity index (χ2n) is 3.51.